The molecule has 0 saturated heterocycles. The monoisotopic (exact) mass is 278 g/mol. The highest BCUT2D eigenvalue weighted by molar-refractivity contribution is 5.82. The molecule has 4 heteroatoms. The Labute approximate surface area is 122 Å². The lowest BCUT2D eigenvalue weighted by Gasteiger charge is -2.29. The summed E-state index contributed by atoms with van der Waals surface area (Å²) in [7, 11) is 3.99. The number of carbonyl (C=O) groups excluding carboxylic acids is 1. The number of anilines is 1. The van der Waals surface area contributed by atoms with Gasteiger partial charge in [-0.05, 0) is 44.5 Å². The minimum Gasteiger partial charge on any atom is -0.464 e. The number of ether oxygens (including phenoxy) is 1. The van der Waals surface area contributed by atoms with Crippen LogP contribution in [0.5, 0.6) is 0 Å². The van der Waals surface area contributed by atoms with Crippen molar-refractivity contribution >= 4 is 11.7 Å². The first-order chi connectivity index (χ1) is 9.45. The molecule has 0 amide bonds. The third-order valence-corrected chi connectivity index (χ3v) is 3.37. The second-order valence-electron chi connectivity index (χ2n) is 5.21. The molecule has 4 nitrogen and oxygen atoms in total. The molecule has 0 spiro atoms. The van der Waals surface area contributed by atoms with Crippen LogP contribution >= 0.6 is 0 Å². The molecule has 0 aromatic heterocycles. The van der Waals surface area contributed by atoms with Crippen LogP contribution in [0.25, 0.3) is 0 Å². The van der Waals surface area contributed by atoms with Gasteiger partial charge in [0.05, 0.1) is 6.61 Å². The summed E-state index contributed by atoms with van der Waals surface area (Å²) in [4.78, 5) is 14.3. The molecule has 20 heavy (non-hydrogen) atoms. The summed E-state index contributed by atoms with van der Waals surface area (Å²) in [5.74, 6) is -0.231. The van der Waals surface area contributed by atoms with Gasteiger partial charge in [0, 0.05) is 19.8 Å². The van der Waals surface area contributed by atoms with Crippen molar-refractivity contribution in [3.05, 3.63) is 29.8 Å². The maximum absolute atomic E-state index is 12.3. The Balaban J connectivity index is 3.06. The molecule has 0 fully saturated rings. The zero-order valence-corrected chi connectivity index (χ0v) is 13.2. The minimum absolute atomic E-state index is 0.231. The Morgan fingerprint density at radius 3 is 2.30 bits per heavy atom. The third kappa shape index (κ3) is 3.73. The van der Waals surface area contributed by atoms with E-state index in [0.29, 0.717) is 6.61 Å². The number of rotatable bonds is 7. The van der Waals surface area contributed by atoms with Crippen molar-refractivity contribution in [2.75, 3.05) is 32.1 Å². The fourth-order valence-electron chi connectivity index (χ4n) is 2.04. The molecule has 0 heterocycles. The fraction of sp³-hybridized carbons (Fsp3) is 0.562. The van der Waals surface area contributed by atoms with Gasteiger partial charge in [-0.25, -0.2) is 4.79 Å². The van der Waals surface area contributed by atoms with Gasteiger partial charge in [-0.1, -0.05) is 19.1 Å². The molecular weight excluding hydrogens is 252 g/mol. The van der Waals surface area contributed by atoms with Crippen LogP contribution in [0.2, 0.25) is 0 Å². The molecular formula is C16H26N2O2. The molecule has 1 N–H and O–H groups in total. The maximum Gasteiger partial charge on any atom is 0.330 e. The number of nitrogens with zero attached hydrogens (tertiary/aromatic N) is 1. The standard InChI is InChI=1S/C16H26N2O2/c1-6-12-17-16(3,15(19)20-7-2)13-8-10-14(11-9-13)18(4)5/h8-11,17H,6-7,12H2,1-5H3. The minimum atomic E-state index is -0.795. The molecule has 112 valence electrons. The second kappa shape index (κ2) is 7.29. The lowest BCUT2D eigenvalue weighted by atomic mass is 9.91. The quantitative estimate of drug-likeness (QED) is 0.778. The van der Waals surface area contributed by atoms with Crippen molar-refractivity contribution in [3.8, 4) is 0 Å². The zero-order valence-electron chi connectivity index (χ0n) is 13.2. The first kappa shape index (κ1) is 16.5. The molecule has 0 bridgehead atoms. The third-order valence-electron chi connectivity index (χ3n) is 3.37. The molecule has 0 saturated carbocycles. The van der Waals surface area contributed by atoms with Crippen molar-refractivity contribution < 1.29 is 9.53 Å². The summed E-state index contributed by atoms with van der Waals surface area (Å²) in [6, 6.07) is 7.99. The highest BCUT2D eigenvalue weighted by atomic mass is 16.5. The van der Waals surface area contributed by atoms with Gasteiger partial charge in [0.25, 0.3) is 0 Å². The highest BCUT2D eigenvalue weighted by Gasteiger charge is 2.35. The lowest BCUT2D eigenvalue weighted by molar-refractivity contribution is -0.151. The SMILES string of the molecule is CCCNC(C)(C(=O)OCC)c1ccc(N(C)C)cc1. The second-order valence-corrected chi connectivity index (χ2v) is 5.21. The van der Waals surface area contributed by atoms with E-state index >= 15 is 0 Å². The van der Waals surface area contributed by atoms with Crippen molar-refractivity contribution in [3.63, 3.8) is 0 Å². The molecule has 0 aliphatic carbocycles. The number of benzene rings is 1. The molecule has 1 atom stereocenters. The molecule has 1 aromatic rings. The average Bonchev–Trinajstić information content (AvgIpc) is 2.45. The average molecular weight is 278 g/mol. The lowest BCUT2D eigenvalue weighted by Crippen LogP contribution is -2.48. The Morgan fingerprint density at radius 1 is 1.25 bits per heavy atom. The molecule has 0 aliphatic rings. The topological polar surface area (TPSA) is 41.6 Å². The molecule has 1 unspecified atom stereocenters. The van der Waals surface area contributed by atoms with Crippen LogP contribution in [0.3, 0.4) is 0 Å². The molecule has 0 radical (unpaired) electrons. The van der Waals surface area contributed by atoms with Crippen LogP contribution in [0.4, 0.5) is 5.69 Å². The van der Waals surface area contributed by atoms with Crippen LogP contribution in [0.1, 0.15) is 32.8 Å². The summed E-state index contributed by atoms with van der Waals surface area (Å²) in [5, 5.41) is 3.31. The summed E-state index contributed by atoms with van der Waals surface area (Å²) >= 11 is 0. The molecule has 1 aromatic carbocycles. The van der Waals surface area contributed by atoms with Crippen molar-refractivity contribution in [1.82, 2.24) is 5.32 Å². The zero-order chi connectivity index (χ0) is 15.2. The van der Waals surface area contributed by atoms with Crippen molar-refractivity contribution in [2.45, 2.75) is 32.7 Å². The van der Waals surface area contributed by atoms with Gasteiger partial charge in [-0.2, -0.15) is 0 Å². The van der Waals surface area contributed by atoms with Crippen LogP contribution < -0.4 is 10.2 Å². The van der Waals surface area contributed by atoms with E-state index in [2.05, 4.69) is 12.2 Å². The number of carbonyl (C=O) groups is 1. The first-order valence-electron chi connectivity index (χ1n) is 7.15. The Hall–Kier alpha value is -1.55. The molecule has 1 rings (SSSR count). The largest absolute Gasteiger partial charge is 0.464 e. The van der Waals surface area contributed by atoms with Gasteiger partial charge in [0.1, 0.15) is 5.54 Å². The summed E-state index contributed by atoms with van der Waals surface area (Å²) in [6.45, 7) is 6.94. The van der Waals surface area contributed by atoms with Crippen LogP contribution in [-0.2, 0) is 15.1 Å². The van der Waals surface area contributed by atoms with Gasteiger partial charge in [-0.15, -0.1) is 0 Å². The Kier molecular flexibility index (Phi) is 6.02. The van der Waals surface area contributed by atoms with Crippen molar-refractivity contribution in [1.29, 1.82) is 0 Å². The van der Waals surface area contributed by atoms with E-state index < -0.39 is 5.54 Å². The normalized spacial score (nSPS) is 13.7. The van der Waals surface area contributed by atoms with Gasteiger partial charge in [0.15, 0.2) is 0 Å². The molecule has 0 aliphatic heterocycles. The van der Waals surface area contributed by atoms with E-state index in [0.717, 1.165) is 24.2 Å². The van der Waals surface area contributed by atoms with E-state index in [1.807, 2.05) is 57.1 Å². The number of nitrogens with one attached hydrogen (secondary N) is 1. The number of hydrogen-bond donors (Lipinski definition) is 1. The predicted octanol–water partition coefficient (Wildman–Crippen LogP) is 2.53. The van der Waals surface area contributed by atoms with E-state index in [1.54, 1.807) is 0 Å². The van der Waals surface area contributed by atoms with Gasteiger partial charge in [0.2, 0.25) is 0 Å². The maximum atomic E-state index is 12.3. The summed E-state index contributed by atoms with van der Waals surface area (Å²) in [5.41, 5.74) is 1.24. The number of hydrogen-bond acceptors (Lipinski definition) is 4. The number of esters is 1. The summed E-state index contributed by atoms with van der Waals surface area (Å²) in [6.07, 6.45) is 0.963. The van der Waals surface area contributed by atoms with Crippen LogP contribution in [0, 0.1) is 0 Å². The van der Waals surface area contributed by atoms with E-state index in [-0.39, 0.29) is 5.97 Å². The van der Waals surface area contributed by atoms with Crippen LogP contribution in [0.15, 0.2) is 24.3 Å². The van der Waals surface area contributed by atoms with E-state index in [4.69, 9.17) is 4.74 Å². The van der Waals surface area contributed by atoms with E-state index in [9.17, 15) is 4.79 Å². The predicted molar refractivity (Wildman–Crippen MR) is 83.0 cm³/mol. The van der Waals surface area contributed by atoms with Crippen LogP contribution in [-0.4, -0.2) is 33.2 Å². The highest BCUT2D eigenvalue weighted by Crippen LogP contribution is 2.25. The Morgan fingerprint density at radius 2 is 1.85 bits per heavy atom. The van der Waals surface area contributed by atoms with Crippen molar-refractivity contribution in [2.24, 2.45) is 0 Å². The summed E-state index contributed by atoms with van der Waals surface area (Å²) < 4.78 is 5.22. The smallest absolute Gasteiger partial charge is 0.330 e. The first-order valence-corrected chi connectivity index (χ1v) is 7.15. The Bertz CT molecular complexity index is 429. The van der Waals surface area contributed by atoms with Gasteiger partial charge >= 0.3 is 5.97 Å². The fourth-order valence-corrected chi connectivity index (χ4v) is 2.04. The van der Waals surface area contributed by atoms with Gasteiger partial charge in [-0.3, -0.25) is 5.32 Å². The van der Waals surface area contributed by atoms with E-state index in [1.165, 1.54) is 0 Å². The van der Waals surface area contributed by atoms with Gasteiger partial charge < -0.3 is 9.64 Å².